The summed E-state index contributed by atoms with van der Waals surface area (Å²) in [6.45, 7) is 3.67. The van der Waals surface area contributed by atoms with Crippen LogP contribution in [0.25, 0.3) is 0 Å². The van der Waals surface area contributed by atoms with Crippen LogP contribution in [0.1, 0.15) is 38.2 Å². The predicted octanol–water partition coefficient (Wildman–Crippen LogP) is 3.81. The smallest absolute Gasteiger partial charge is 0.308 e. The van der Waals surface area contributed by atoms with Gasteiger partial charge in [0.15, 0.2) is 0 Å². The Kier molecular flexibility index (Phi) is 5.35. The van der Waals surface area contributed by atoms with Crippen molar-refractivity contribution < 1.29 is 14.7 Å². The van der Waals surface area contributed by atoms with Gasteiger partial charge < -0.3 is 10.0 Å². The van der Waals surface area contributed by atoms with Crippen molar-refractivity contribution in [2.75, 3.05) is 6.54 Å². The van der Waals surface area contributed by atoms with Crippen LogP contribution in [0.3, 0.4) is 0 Å². The van der Waals surface area contributed by atoms with Gasteiger partial charge in [0.25, 0.3) is 0 Å². The first-order valence-electron chi connectivity index (χ1n) is 7.29. The lowest BCUT2D eigenvalue weighted by atomic mass is 9.99. The summed E-state index contributed by atoms with van der Waals surface area (Å²) < 4.78 is 0. The Labute approximate surface area is 140 Å². The molecule has 1 N–H and O–H groups in total. The van der Waals surface area contributed by atoms with E-state index in [1.165, 1.54) is 0 Å². The third-order valence-corrected chi connectivity index (χ3v) is 4.72. The van der Waals surface area contributed by atoms with Gasteiger partial charge in [-0.15, -0.1) is 0 Å². The molecule has 4 nitrogen and oxygen atoms in total. The first-order chi connectivity index (χ1) is 10.3. The number of carbonyl (C=O) groups is 2. The molecule has 0 heterocycles. The molecule has 22 heavy (non-hydrogen) atoms. The maximum Gasteiger partial charge on any atom is 0.308 e. The Balaban J connectivity index is 2.15. The minimum absolute atomic E-state index is 0.0611. The number of halogens is 2. The van der Waals surface area contributed by atoms with E-state index < -0.39 is 11.9 Å². The summed E-state index contributed by atoms with van der Waals surface area (Å²) in [5, 5.41) is 9.93. The number of hydrogen-bond donors (Lipinski definition) is 1. The van der Waals surface area contributed by atoms with Crippen LogP contribution in [-0.4, -0.2) is 34.5 Å². The second-order valence-electron chi connectivity index (χ2n) is 5.86. The van der Waals surface area contributed by atoms with Crippen molar-refractivity contribution >= 4 is 35.1 Å². The fraction of sp³-hybridized carbons (Fsp3) is 0.500. The van der Waals surface area contributed by atoms with Gasteiger partial charge in [0.05, 0.1) is 21.9 Å². The van der Waals surface area contributed by atoms with Crippen LogP contribution in [0.15, 0.2) is 18.2 Å². The summed E-state index contributed by atoms with van der Waals surface area (Å²) in [5.41, 5.74) is 0.785. The molecule has 1 aliphatic rings. The van der Waals surface area contributed by atoms with Crippen LogP contribution in [0.2, 0.25) is 10.0 Å². The van der Waals surface area contributed by atoms with Crippen molar-refractivity contribution in [2.24, 2.45) is 5.92 Å². The maximum atomic E-state index is 12.7. The maximum absolute atomic E-state index is 12.7. The molecular weight excluding hydrogens is 325 g/mol. The molecule has 0 radical (unpaired) electrons. The Morgan fingerprint density at radius 1 is 1.27 bits per heavy atom. The molecule has 1 saturated carbocycles. The van der Waals surface area contributed by atoms with E-state index in [9.17, 15) is 9.59 Å². The van der Waals surface area contributed by atoms with E-state index >= 15 is 0 Å². The van der Waals surface area contributed by atoms with Crippen LogP contribution in [0.5, 0.6) is 0 Å². The van der Waals surface area contributed by atoms with Gasteiger partial charge in [0, 0.05) is 12.6 Å². The van der Waals surface area contributed by atoms with Crippen LogP contribution < -0.4 is 0 Å². The number of benzene rings is 1. The predicted molar refractivity (Wildman–Crippen MR) is 86.4 cm³/mol. The molecule has 1 aromatic rings. The molecule has 0 spiro atoms. The van der Waals surface area contributed by atoms with Crippen LogP contribution in [0, 0.1) is 5.92 Å². The normalized spacial score (nSPS) is 16.9. The largest absolute Gasteiger partial charge is 0.481 e. The molecule has 1 aromatic carbocycles. The Morgan fingerprint density at radius 3 is 2.41 bits per heavy atom. The number of carbonyl (C=O) groups excluding carboxylic acids is 1. The van der Waals surface area contributed by atoms with Crippen LogP contribution in [-0.2, 0) is 9.59 Å². The van der Waals surface area contributed by atoms with E-state index in [0.29, 0.717) is 10.0 Å². The molecule has 6 heteroatoms. The highest BCUT2D eigenvalue weighted by atomic mass is 35.5. The van der Waals surface area contributed by atoms with Crippen molar-refractivity contribution in [3.63, 3.8) is 0 Å². The van der Waals surface area contributed by atoms with Gasteiger partial charge in [0.2, 0.25) is 5.91 Å². The second-order valence-corrected chi connectivity index (χ2v) is 6.67. The monoisotopic (exact) mass is 343 g/mol. The topological polar surface area (TPSA) is 57.6 Å². The number of carboxylic acid groups (broad SMARTS) is 1. The average Bonchev–Trinajstić information content (AvgIpc) is 3.30. The molecule has 1 aliphatic carbocycles. The van der Waals surface area contributed by atoms with Gasteiger partial charge in [-0.1, -0.05) is 36.2 Å². The minimum atomic E-state index is -0.888. The number of aliphatic carboxylic acids is 1. The van der Waals surface area contributed by atoms with Crippen LogP contribution in [0.4, 0.5) is 0 Å². The number of carboxylic acids is 1. The van der Waals surface area contributed by atoms with Crippen molar-refractivity contribution in [1.29, 1.82) is 0 Å². The molecule has 0 aliphatic heterocycles. The summed E-state index contributed by atoms with van der Waals surface area (Å²) in [4.78, 5) is 25.5. The average molecular weight is 344 g/mol. The molecule has 0 aromatic heterocycles. The van der Waals surface area contributed by atoms with E-state index in [2.05, 4.69) is 0 Å². The SMILES string of the molecule is CC(CN(C(=O)C(C)c1ccc(Cl)c(Cl)c1)C1CC1)C(=O)O. The minimum Gasteiger partial charge on any atom is -0.481 e. The van der Waals surface area contributed by atoms with Crippen molar-refractivity contribution in [2.45, 2.75) is 38.6 Å². The standard InChI is InChI=1S/C16H19Cl2NO3/c1-9(16(21)22)8-19(12-4-5-12)15(20)10(2)11-3-6-13(17)14(18)7-11/h3,6-7,9-10,12H,4-5,8H2,1-2H3,(H,21,22). The third kappa shape index (κ3) is 3.93. The van der Waals surface area contributed by atoms with E-state index in [-0.39, 0.29) is 24.4 Å². The van der Waals surface area contributed by atoms with E-state index in [0.717, 1.165) is 18.4 Å². The van der Waals surface area contributed by atoms with Crippen LogP contribution >= 0.6 is 23.2 Å². The van der Waals surface area contributed by atoms with Gasteiger partial charge in [-0.2, -0.15) is 0 Å². The summed E-state index contributed by atoms with van der Waals surface area (Å²) >= 11 is 11.9. The quantitative estimate of drug-likeness (QED) is 0.854. The van der Waals surface area contributed by atoms with Gasteiger partial charge in [-0.05, 0) is 37.5 Å². The molecular formula is C16H19Cl2NO3. The van der Waals surface area contributed by atoms with E-state index in [1.54, 1.807) is 30.0 Å². The Hall–Kier alpha value is -1.26. The molecule has 2 atom stereocenters. The Bertz CT molecular complexity index is 587. The number of amides is 1. The molecule has 0 saturated heterocycles. The molecule has 0 bridgehead atoms. The zero-order valence-electron chi connectivity index (χ0n) is 12.6. The van der Waals surface area contributed by atoms with Crippen molar-refractivity contribution in [3.05, 3.63) is 33.8 Å². The highest BCUT2D eigenvalue weighted by Crippen LogP contribution is 2.32. The van der Waals surface area contributed by atoms with Gasteiger partial charge in [0.1, 0.15) is 0 Å². The molecule has 120 valence electrons. The third-order valence-electron chi connectivity index (χ3n) is 3.98. The highest BCUT2D eigenvalue weighted by molar-refractivity contribution is 6.42. The lowest BCUT2D eigenvalue weighted by Gasteiger charge is -2.27. The highest BCUT2D eigenvalue weighted by Gasteiger charge is 2.36. The molecule has 2 rings (SSSR count). The zero-order valence-corrected chi connectivity index (χ0v) is 14.1. The number of nitrogens with zero attached hydrogens (tertiary/aromatic N) is 1. The lowest BCUT2D eigenvalue weighted by Crippen LogP contribution is -2.40. The van der Waals surface area contributed by atoms with Gasteiger partial charge in [-0.3, -0.25) is 9.59 Å². The fourth-order valence-corrected chi connectivity index (χ4v) is 2.66. The van der Waals surface area contributed by atoms with Gasteiger partial charge in [-0.25, -0.2) is 0 Å². The summed E-state index contributed by atoms with van der Waals surface area (Å²) in [7, 11) is 0. The number of rotatable bonds is 6. The first kappa shape index (κ1) is 17.1. The summed E-state index contributed by atoms with van der Waals surface area (Å²) in [6, 6.07) is 5.31. The molecule has 1 amide bonds. The van der Waals surface area contributed by atoms with Crippen molar-refractivity contribution in [1.82, 2.24) is 4.90 Å². The molecule has 1 fully saturated rings. The lowest BCUT2D eigenvalue weighted by molar-refractivity contribution is -0.143. The fourth-order valence-electron chi connectivity index (χ4n) is 2.35. The van der Waals surface area contributed by atoms with Crippen molar-refractivity contribution in [3.8, 4) is 0 Å². The second kappa shape index (κ2) is 6.88. The number of hydrogen-bond acceptors (Lipinski definition) is 2. The van der Waals surface area contributed by atoms with Gasteiger partial charge >= 0.3 is 5.97 Å². The summed E-state index contributed by atoms with van der Waals surface area (Å²) in [5.74, 6) is -1.91. The Morgan fingerprint density at radius 2 is 1.91 bits per heavy atom. The van der Waals surface area contributed by atoms with E-state index in [4.69, 9.17) is 28.3 Å². The zero-order chi connectivity index (χ0) is 16.4. The first-order valence-corrected chi connectivity index (χ1v) is 8.05. The summed E-state index contributed by atoms with van der Waals surface area (Å²) in [6.07, 6.45) is 1.87. The molecule has 2 unspecified atom stereocenters. The van der Waals surface area contributed by atoms with E-state index in [1.807, 2.05) is 6.92 Å².